The molecule has 0 saturated carbocycles. The first-order chi connectivity index (χ1) is 12.9. The SMILES string of the molecule is CNC(=O)NC(=O)[C@H](OC(=O)CSc1cc(C)ccc1C)c1ccccc1. The lowest BCUT2D eigenvalue weighted by atomic mass is 10.1. The lowest BCUT2D eigenvalue weighted by molar-refractivity contribution is -0.153. The summed E-state index contributed by atoms with van der Waals surface area (Å²) in [6, 6.07) is 13.9. The maximum Gasteiger partial charge on any atom is 0.321 e. The molecule has 7 heteroatoms. The van der Waals surface area contributed by atoms with Gasteiger partial charge in [-0.3, -0.25) is 14.9 Å². The summed E-state index contributed by atoms with van der Waals surface area (Å²) in [6.07, 6.45) is -1.20. The number of benzene rings is 2. The van der Waals surface area contributed by atoms with Crippen LogP contribution in [0.5, 0.6) is 0 Å². The van der Waals surface area contributed by atoms with Crippen molar-refractivity contribution in [1.29, 1.82) is 0 Å². The van der Waals surface area contributed by atoms with Gasteiger partial charge in [-0.2, -0.15) is 0 Å². The van der Waals surface area contributed by atoms with Crippen LogP contribution in [0.25, 0.3) is 0 Å². The van der Waals surface area contributed by atoms with Gasteiger partial charge >= 0.3 is 12.0 Å². The molecule has 0 aliphatic rings. The van der Waals surface area contributed by atoms with Crippen LogP contribution >= 0.6 is 11.8 Å². The maximum absolute atomic E-state index is 12.4. The van der Waals surface area contributed by atoms with Crippen LogP contribution in [0.2, 0.25) is 0 Å². The van der Waals surface area contributed by atoms with E-state index in [2.05, 4.69) is 10.6 Å². The number of rotatable bonds is 6. The summed E-state index contributed by atoms with van der Waals surface area (Å²) in [5.41, 5.74) is 2.66. The van der Waals surface area contributed by atoms with Crippen LogP contribution in [0.15, 0.2) is 53.4 Å². The fourth-order valence-electron chi connectivity index (χ4n) is 2.31. The number of thioether (sulfide) groups is 1. The zero-order valence-corrected chi connectivity index (χ0v) is 16.3. The minimum Gasteiger partial charge on any atom is -0.447 e. The van der Waals surface area contributed by atoms with E-state index in [9.17, 15) is 14.4 Å². The van der Waals surface area contributed by atoms with Crippen LogP contribution in [-0.4, -0.2) is 30.7 Å². The van der Waals surface area contributed by atoms with Crippen molar-refractivity contribution in [2.45, 2.75) is 24.8 Å². The Kier molecular flexibility index (Phi) is 7.43. The Hall–Kier alpha value is -2.80. The highest BCUT2D eigenvalue weighted by molar-refractivity contribution is 8.00. The second-order valence-corrected chi connectivity index (χ2v) is 6.92. The van der Waals surface area contributed by atoms with Gasteiger partial charge in [-0.15, -0.1) is 11.8 Å². The average molecular weight is 386 g/mol. The number of hydrogen-bond donors (Lipinski definition) is 2. The molecule has 2 aromatic rings. The van der Waals surface area contributed by atoms with Crippen LogP contribution in [0.3, 0.4) is 0 Å². The molecule has 0 aliphatic heterocycles. The zero-order valence-electron chi connectivity index (χ0n) is 15.4. The number of imide groups is 1. The van der Waals surface area contributed by atoms with Crippen molar-refractivity contribution >= 4 is 29.7 Å². The van der Waals surface area contributed by atoms with Crippen LogP contribution in [0.1, 0.15) is 22.8 Å². The summed E-state index contributed by atoms with van der Waals surface area (Å²) in [6.45, 7) is 3.95. The number of carbonyl (C=O) groups excluding carboxylic acids is 3. The highest BCUT2D eigenvalue weighted by atomic mass is 32.2. The van der Waals surface area contributed by atoms with Crippen molar-refractivity contribution in [2.75, 3.05) is 12.8 Å². The summed E-state index contributed by atoms with van der Waals surface area (Å²) in [5.74, 6) is -1.19. The largest absolute Gasteiger partial charge is 0.447 e. The Bertz CT molecular complexity index is 824. The molecule has 0 aliphatic carbocycles. The van der Waals surface area contributed by atoms with Gasteiger partial charge < -0.3 is 10.1 Å². The highest BCUT2D eigenvalue weighted by Crippen LogP contribution is 2.25. The van der Waals surface area contributed by atoms with Crippen molar-refractivity contribution in [3.63, 3.8) is 0 Å². The van der Waals surface area contributed by atoms with Gasteiger partial charge in [-0.1, -0.05) is 48.0 Å². The fourth-order valence-corrected chi connectivity index (χ4v) is 3.21. The molecule has 1 atom stereocenters. The van der Waals surface area contributed by atoms with Gasteiger partial charge in [0.1, 0.15) is 0 Å². The third-order valence-electron chi connectivity index (χ3n) is 3.74. The number of hydrogen-bond acceptors (Lipinski definition) is 5. The molecular weight excluding hydrogens is 364 g/mol. The van der Waals surface area contributed by atoms with E-state index in [-0.39, 0.29) is 5.75 Å². The first-order valence-corrected chi connectivity index (χ1v) is 9.36. The Morgan fingerprint density at radius 3 is 2.44 bits per heavy atom. The number of esters is 1. The van der Waals surface area contributed by atoms with E-state index >= 15 is 0 Å². The van der Waals surface area contributed by atoms with Gasteiger partial charge in [0.25, 0.3) is 5.91 Å². The van der Waals surface area contributed by atoms with Crippen molar-refractivity contribution in [3.8, 4) is 0 Å². The summed E-state index contributed by atoms with van der Waals surface area (Å²) >= 11 is 1.35. The Balaban J connectivity index is 2.07. The van der Waals surface area contributed by atoms with Gasteiger partial charge in [-0.25, -0.2) is 4.79 Å². The summed E-state index contributed by atoms with van der Waals surface area (Å²) < 4.78 is 5.38. The topological polar surface area (TPSA) is 84.5 Å². The third kappa shape index (κ3) is 6.14. The van der Waals surface area contributed by atoms with Gasteiger partial charge in [0, 0.05) is 17.5 Å². The highest BCUT2D eigenvalue weighted by Gasteiger charge is 2.26. The summed E-state index contributed by atoms with van der Waals surface area (Å²) in [5, 5.41) is 4.45. The Labute approximate surface area is 162 Å². The van der Waals surface area contributed by atoms with E-state index in [1.54, 1.807) is 30.3 Å². The number of aryl methyl sites for hydroxylation is 2. The molecule has 6 nitrogen and oxygen atoms in total. The number of nitrogens with one attached hydrogen (secondary N) is 2. The monoisotopic (exact) mass is 386 g/mol. The van der Waals surface area contributed by atoms with Crippen LogP contribution < -0.4 is 10.6 Å². The van der Waals surface area contributed by atoms with Crippen molar-refractivity contribution in [3.05, 3.63) is 65.2 Å². The van der Waals surface area contributed by atoms with Crippen LogP contribution in [0, 0.1) is 13.8 Å². The molecule has 2 N–H and O–H groups in total. The minimum atomic E-state index is -1.20. The molecule has 2 aromatic carbocycles. The van der Waals surface area contributed by atoms with E-state index in [1.165, 1.54) is 18.8 Å². The zero-order chi connectivity index (χ0) is 19.8. The third-order valence-corrected chi connectivity index (χ3v) is 4.87. The van der Waals surface area contributed by atoms with E-state index < -0.39 is 24.0 Å². The van der Waals surface area contributed by atoms with E-state index in [0.717, 1.165) is 16.0 Å². The molecular formula is C20H22N2O4S. The molecule has 0 unspecified atom stereocenters. The molecule has 142 valence electrons. The van der Waals surface area contributed by atoms with Gasteiger partial charge in [0.2, 0.25) is 6.10 Å². The van der Waals surface area contributed by atoms with Gasteiger partial charge in [0.15, 0.2) is 0 Å². The molecule has 0 saturated heterocycles. The molecule has 2 rings (SSSR count). The van der Waals surface area contributed by atoms with E-state index in [4.69, 9.17) is 4.74 Å². The standard InChI is InChI=1S/C20H22N2O4S/c1-13-9-10-14(2)16(11-13)27-12-17(23)26-18(15-7-5-4-6-8-15)19(24)22-20(25)21-3/h4-11,18H,12H2,1-3H3,(H2,21,22,24,25)/t18-/m1/s1. The van der Waals surface area contributed by atoms with E-state index in [0.29, 0.717) is 5.56 Å². The van der Waals surface area contributed by atoms with Crippen molar-refractivity contribution in [2.24, 2.45) is 0 Å². The summed E-state index contributed by atoms with van der Waals surface area (Å²) in [7, 11) is 1.40. The number of urea groups is 1. The maximum atomic E-state index is 12.4. The van der Waals surface area contributed by atoms with Crippen LogP contribution in [0.4, 0.5) is 4.79 Å². The van der Waals surface area contributed by atoms with Gasteiger partial charge in [0.05, 0.1) is 5.75 Å². The minimum absolute atomic E-state index is 0.0564. The van der Waals surface area contributed by atoms with Crippen LogP contribution in [-0.2, 0) is 14.3 Å². The molecule has 3 amide bonds. The fraction of sp³-hybridized carbons (Fsp3) is 0.250. The number of amides is 3. The molecule has 0 heterocycles. The predicted octanol–water partition coefficient (Wildman–Crippen LogP) is 3.14. The van der Waals surface area contributed by atoms with Crippen molar-refractivity contribution < 1.29 is 19.1 Å². The van der Waals surface area contributed by atoms with Gasteiger partial charge in [-0.05, 0) is 25.5 Å². The molecule has 0 bridgehead atoms. The summed E-state index contributed by atoms with van der Waals surface area (Å²) in [4.78, 5) is 37.1. The lowest BCUT2D eigenvalue weighted by Gasteiger charge is -2.17. The van der Waals surface area contributed by atoms with E-state index in [1.807, 2.05) is 32.0 Å². The first-order valence-electron chi connectivity index (χ1n) is 8.37. The Morgan fingerprint density at radius 1 is 1.07 bits per heavy atom. The second-order valence-electron chi connectivity index (χ2n) is 5.91. The molecule has 0 aromatic heterocycles. The molecule has 0 fully saturated rings. The normalized spacial score (nSPS) is 11.4. The molecule has 0 radical (unpaired) electrons. The molecule has 27 heavy (non-hydrogen) atoms. The lowest BCUT2D eigenvalue weighted by Crippen LogP contribution is -2.41. The first kappa shape index (κ1) is 20.5. The quantitative estimate of drug-likeness (QED) is 0.589. The average Bonchev–Trinajstić information content (AvgIpc) is 2.67. The number of ether oxygens (including phenoxy) is 1. The second kappa shape index (κ2) is 9.78. The predicted molar refractivity (Wildman–Crippen MR) is 105 cm³/mol. The smallest absolute Gasteiger partial charge is 0.321 e. The van der Waals surface area contributed by atoms with Crippen molar-refractivity contribution in [1.82, 2.24) is 10.6 Å². The Morgan fingerprint density at radius 2 is 1.78 bits per heavy atom. The number of carbonyl (C=O) groups is 3. The molecule has 0 spiro atoms.